The van der Waals surface area contributed by atoms with E-state index >= 15 is 0 Å². The van der Waals surface area contributed by atoms with Crippen molar-refractivity contribution in [1.82, 2.24) is 24.7 Å². The van der Waals surface area contributed by atoms with Gasteiger partial charge in [-0.15, -0.1) is 0 Å². The third-order valence-corrected chi connectivity index (χ3v) is 5.52. The third-order valence-electron chi connectivity index (χ3n) is 5.52. The highest BCUT2D eigenvalue weighted by Gasteiger charge is 2.28. The molecule has 3 aromatic rings. The Balaban J connectivity index is 1.69. The number of hydrogen-bond donors (Lipinski definition) is 0. The molecule has 4 heterocycles. The molecule has 3 aromatic heterocycles. The van der Waals surface area contributed by atoms with Gasteiger partial charge >= 0.3 is 0 Å². The number of fused-ring (bicyclic) bond motifs is 1. The van der Waals surface area contributed by atoms with E-state index in [-0.39, 0.29) is 11.8 Å². The average Bonchev–Trinajstić information content (AvgIpc) is 3.27. The maximum absolute atomic E-state index is 5.58. The van der Waals surface area contributed by atoms with Gasteiger partial charge in [-0.2, -0.15) is 14.6 Å². The molecule has 4 rings (SSSR count). The van der Waals surface area contributed by atoms with Gasteiger partial charge in [-0.3, -0.25) is 0 Å². The van der Waals surface area contributed by atoms with Gasteiger partial charge in [0.1, 0.15) is 5.82 Å². The molecule has 27 heavy (non-hydrogen) atoms. The highest BCUT2D eigenvalue weighted by Crippen LogP contribution is 2.31. The molecule has 0 aromatic carbocycles. The zero-order valence-corrected chi connectivity index (χ0v) is 16.9. The molecule has 0 bridgehead atoms. The largest absolute Gasteiger partial charge is 0.356 e. The Hall–Kier alpha value is -2.44. The van der Waals surface area contributed by atoms with Gasteiger partial charge in [0.05, 0.1) is 11.6 Å². The van der Waals surface area contributed by atoms with E-state index in [1.165, 1.54) is 0 Å². The van der Waals surface area contributed by atoms with Crippen LogP contribution in [0.2, 0.25) is 0 Å². The van der Waals surface area contributed by atoms with Crippen LogP contribution in [0.5, 0.6) is 0 Å². The summed E-state index contributed by atoms with van der Waals surface area (Å²) in [5, 5.41) is 8.90. The van der Waals surface area contributed by atoms with E-state index in [4.69, 9.17) is 14.6 Å². The van der Waals surface area contributed by atoms with E-state index in [0.717, 1.165) is 72.5 Å². The van der Waals surface area contributed by atoms with Crippen LogP contribution in [0.1, 0.15) is 74.1 Å². The Kier molecular flexibility index (Phi) is 4.61. The first kappa shape index (κ1) is 17.9. The summed E-state index contributed by atoms with van der Waals surface area (Å²) in [6.07, 6.45) is 3.07. The third kappa shape index (κ3) is 3.19. The lowest BCUT2D eigenvalue weighted by Gasteiger charge is -2.33. The number of aromatic nitrogens is 5. The summed E-state index contributed by atoms with van der Waals surface area (Å²) in [7, 11) is 0. The predicted molar refractivity (Wildman–Crippen MR) is 104 cm³/mol. The SMILES string of the molecule is CCc1cc(N2CCCC(c3nc(C(C)C)no3)C2)n2nc(C)c(C)c2n1. The first-order chi connectivity index (χ1) is 13.0. The van der Waals surface area contributed by atoms with Gasteiger partial charge in [-0.1, -0.05) is 25.9 Å². The number of anilines is 1. The van der Waals surface area contributed by atoms with Crippen LogP contribution in [0.25, 0.3) is 5.65 Å². The monoisotopic (exact) mass is 368 g/mol. The van der Waals surface area contributed by atoms with Gasteiger partial charge in [0.2, 0.25) is 5.89 Å². The van der Waals surface area contributed by atoms with Crippen LogP contribution in [-0.4, -0.2) is 37.8 Å². The van der Waals surface area contributed by atoms with E-state index in [0.29, 0.717) is 0 Å². The van der Waals surface area contributed by atoms with Gasteiger partial charge in [-0.25, -0.2) is 4.98 Å². The van der Waals surface area contributed by atoms with Crippen LogP contribution in [-0.2, 0) is 6.42 Å². The quantitative estimate of drug-likeness (QED) is 0.697. The van der Waals surface area contributed by atoms with E-state index in [2.05, 4.69) is 48.8 Å². The summed E-state index contributed by atoms with van der Waals surface area (Å²) in [6.45, 7) is 12.3. The molecule has 0 saturated carbocycles. The average molecular weight is 368 g/mol. The number of piperidine rings is 1. The maximum Gasteiger partial charge on any atom is 0.231 e. The van der Waals surface area contributed by atoms with Crippen LogP contribution in [0, 0.1) is 13.8 Å². The molecule has 144 valence electrons. The molecule has 7 heteroatoms. The molecule has 1 atom stereocenters. The van der Waals surface area contributed by atoms with Crippen LogP contribution in [0.15, 0.2) is 10.6 Å². The number of hydrogen-bond acceptors (Lipinski definition) is 6. The zero-order chi connectivity index (χ0) is 19.1. The molecule has 0 aliphatic carbocycles. The summed E-state index contributed by atoms with van der Waals surface area (Å²) < 4.78 is 7.58. The zero-order valence-electron chi connectivity index (χ0n) is 16.9. The Labute approximate surface area is 159 Å². The number of rotatable bonds is 4. The van der Waals surface area contributed by atoms with Crippen LogP contribution in [0.4, 0.5) is 5.82 Å². The van der Waals surface area contributed by atoms with E-state index in [9.17, 15) is 0 Å². The second-order valence-electron chi connectivity index (χ2n) is 7.84. The smallest absolute Gasteiger partial charge is 0.231 e. The van der Waals surface area contributed by atoms with Crippen molar-refractivity contribution in [3.8, 4) is 0 Å². The summed E-state index contributed by atoms with van der Waals surface area (Å²) in [5.41, 5.74) is 4.24. The van der Waals surface area contributed by atoms with Crippen molar-refractivity contribution in [1.29, 1.82) is 0 Å². The van der Waals surface area contributed by atoms with Crippen LogP contribution < -0.4 is 4.90 Å². The fourth-order valence-electron chi connectivity index (χ4n) is 3.70. The molecule has 1 fully saturated rings. The molecule has 1 aliphatic rings. The Bertz CT molecular complexity index is 957. The highest BCUT2D eigenvalue weighted by molar-refractivity contribution is 5.57. The topological polar surface area (TPSA) is 72.4 Å². The highest BCUT2D eigenvalue weighted by atomic mass is 16.5. The lowest BCUT2D eigenvalue weighted by atomic mass is 9.98. The van der Waals surface area contributed by atoms with Crippen LogP contribution >= 0.6 is 0 Å². The van der Waals surface area contributed by atoms with E-state index in [1.807, 2.05) is 11.4 Å². The van der Waals surface area contributed by atoms with Crippen molar-refractivity contribution < 1.29 is 4.52 Å². The fraction of sp³-hybridized carbons (Fsp3) is 0.600. The standard InChI is InChI=1S/C20H28N6O/c1-6-16-10-17(26-19(21-16)13(4)14(5)23-26)25-9-7-8-15(11-25)20-22-18(12(2)3)24-27-20/h10,12,15H,6-9,11H2,1-5H3. The van der Waals surface area contributed by atoms with Gasteiger partial charge < -0.3 is 9.42 Å². The van der Waals surface area contributed by atoms with Crippen molar-refractivity contribution in [2.45, 2.75) is 65.7 Å². The second-order valence-corrected chi connectivity index (χ2v) is 7.84. The summed E-state index contributed by atoms with van der Waals surface area (Å²) in [4.78, 5) is 11.8. The van der Waals surface area contributed by atoms with Gasteiger partial charge in [0.25, 0.3) is 0 Å². The van der Waals surface area contributed by atoms with Gasteiger partial charge in [0, 0.05) is 36.3 Å². The second kappa shape index (κ2) is 6.94. The normalized spacial score (nSPS) is 18.0. The summed E-state index contributed by atoms with van der Waals surface area (Å²) in [5.74, 6) is 3.20. The lowest BCUT2D eigenvalue weighted by Crippen LogP contribution is -2.36. The minimum atomic E-state index is 0.254. The summed E-state index contributed by atoms with van der Waals surface area (Å²) >= 11 is 0. The van der Waals surface area contributed by atoms with Crippen molar-refractivity contribution in [2.75, 3.05) is 18.0 Å². The Morgan fingerprint density at radius 3 is 2.78 bits per heavy atom. The fourth-order valence-corrected chi connectivity index (χ4v) is 3.70. The number of aryl methyl sites for hydroxylation is 3. The van der Waals surface area contributed by atoms with Crippen molar-refractivity contribution >= 4 is 11.5 Å². The predicted octanol–water partition coefficient (Wildman–Crippen LogP) is 3.80. The molecule has 1 saturated heterocycles. The molecule has 0 radical (unpaired) electrons. The van der Waals surface area contributed by atoms with Crippen molar-refractivity contribution in [2.24, 2.45) is 0 Å². The summed E-state index contributed by atoms with van der Waals surface area (Å²) in [6, 6.07) is 2.18. The number of nitrogens with zero attached hydrogens (tertiary/aromatic N) is 6. The van der Waals surface area contributed by atoms with Crippen molar-refractivity contribution in [3.05, 3.63) is 34.7 Å². The molecule has 0 amide bonds. The Morgan fingerprint density at radius 2 is 2.07 bits per heavy atom. The first-order valence-electron chi connectivity index (χ1n) is 9.92. The lowest BCUT2D eigenvalue weighted by molar-refractivity contribution is 0.329. The molecule has 7 nitrogen and oxygen atoms in total. The first-order valence-corrected chi connectivity index (χ1v) is 9.92. The molecule has 1 unspecified atom stereocenters. The van der Waals surface area contributed by atoms with Crippen LogP contribution in [0.3, 0.4) is 0 Å². The molecular formula is C20H28N6O. The van der Waals surface area contributed by atoms with E-state index in [1.54, 1.807) is 0 Å². The van der Waals surface area contributed by atoms with Gasteiger partial charge in [-0.05, 0) is 33.1 Å². The maximum atomic E-state index is 5.58. The van der Waals surface area contributed by atoms with Crippen molar-refractivity contribution in [3.63, 3.8) is 0 Å². The molecular weight excluding hydrogens is 340 g/mol. The van der Waals surface area contributed by atoms with E-state index < -0.39 is 0 Å². The van der Waals surface area contributed by atoms with Gasteiger partial charge in [0.15, 0.2) is 11.5 Å². The molecule has 1 aliphatic heterocycles. The minimum absolute atomic E-state index is 0.254. The molecule has 0 spiro atoms. The Morgan fingerprint density at radius 1 is 1.26 bits per heavy atom. The minimum Gasteiger partial charge on any atom is -0.356 e. The molecule has 0 N–H and O–H groups in total.